The van der Waals surface area contributed by atoms with Crippen LogP contribution in [0.2, 0.25) is 0 Å². The van der Waals surface area contributed by atoms with E-state index < -0.39 is 0 Å². The summed E-state index contributed by atoms with van der Waals surface area (Å²) >= 11 is 0. The molecule has 2 heteroatoms. The van der Waals surface area contributed by atoms with E-state index in [9.17, 15) is 4.79 Å². The maximum atomic E-state index is 10.2. The van der Waals surface area contributed by atoms with Crippen molar-refractivity contribution in [3.05, 3.63) is 0 Å². The summed E-state index contributed by atoms with van der Waals surface area (Å²) in [6, 6.07) is 0. The first-order valence-corrected chi connectivity index (χ1v) is 3.87. The molecule has 0 bridgehead atoms. The highest BCUT2D eigenvalue weighted by molar-refractivity contribution is 5.75. The van der Waals surface area contributed by atoms with Gasteiger partial charge < -0.3 is 9.90 Å². The van der Waals surface area contributed by atoms with Crippen LogP contribution in [0.25, 0.3) is 0 Å². The fourth-order valence-corrected chi connectivity index (χ4v) is 0.486. The Morgan fingerprint density at radius 3 is 2.10 bits per heavy atom. The Morgan fingerprint density at radius 2 is 1.80 bits per heavy atom. The molecular weight excluding hydrogens is 128 g/mol. The molecule has 0 atom stereocenters. The number of hydrogen-bond donors (Lipinski definition) is 1. The molecule has 0 radical (unpaired) electrons. The highest BCUT2D eigenvalue weighted by atomic mass is 16.2. The Hall–Kier alpha value is -0.370. The molecule has 62 valence electrons. The summed E-state index contributed by atoms with van der Waals surface area (Å²) < 4.78 is 0. The van der Waals surface area contributed by atoms with Gasteiger partial charge in [-0.3, -0.25) is 0 Å². The number of rotatable bonds is 4. The lowest BCUT2D eigenvalue weighted by molar-refractivity contribution is -0.117. The zero-order chi connectivity index (χ0) is 8.41. The van der Waals surface area contributed by atoms with E-state index in [1.807, 2.05) is 13.8 Å². The van der Waals surface area contributed by atoms with Crippen molar-refractivity contribution >= 4 is 5.78 Å². The van der Waals surface area contributed by atoms with Gasteiger partial charge in [-0.25, -0.2) is 0 Å². The number of Topliss-reactive ketones (excluding diaryl/α,β-unsaturated/α-hetero) is 1. The minimum absolute atomic E-state index is 0.202. The SMILES string of the molecule is CC.CC(=O)CCCCO. The monoisotopic (exact) mass is 146 g/mol. The summed E-state index contributed by atoms with van der Waals surface area (Å²) in [5.74, 6) is 0.207. The van der Waals surface area contributed by atoms with E-state index in [0.29, 0.717) is 6.42 Å². The zero-order valence-corrected chi connectivity index (χ0v) is 7.18. The Balaban J connectivity index is 0. The summed E-state index contributed by atoms with van der Waals surface area (Å²) in [5.41, 5.74) is 0. The Labute approximate surface area is 63.3 Å². The number of aliphatic hydroxyl groups is 1. The van der Waals surface area contributed by atoms with Gasteiger partial charge in [-0.05, 0) is 19.8 Å². The lowest BCUT2D eigenvalue weighted by atomic mass is 10.2. The summed E-state index contributed by atoms with van der Waals surface area (Å²) in [4.78, 5) is 10.2. The molecule has 0 saturated carbocycles. The maximum Gasteiger partial charge on any atom is 0.129 e. The normalized spacial score (nSPS) is 8.00. The maximum absolute atomic E-state index is 10.2. The van der Waals surface area contributed by atoms with Gasteiger partial charge in [-0.1, -0.05) is 13.8 Å². The highest BCUT2D eigenvalue weighted by Crippen LogP contribution is 1.93. The number of hydrogen-bond acceptors (Lipinski definition) is 2. The number of carbonyl (C=O) groups excluding carboxylic acids is 1. The van der Waals surface area contributed by atoms with E-state index in [1.54, 1.807) is 6.92 Å². The molecule has 1 N–H and O–H groups in total. The van der Waals surface area contributed by atoms with Gasteiger partial charge in [0.2, 0.25) is 0 Å². The molecule has 0 heterocycles. The molecule has 0 aromatic heterocycles. The second-order valence-corrected chi connectivity index (χ2v) is 1.88. The number of carbonyl (C=O) groups is 1. The highest BCUT2D eigenvalue weighted by Gasteiger charge is 1.90. The summed E-state index contributed by atoms with van der Waals surface area (Å²) in [5, 5.41) is 8.27. The van der Waals surface area contributed by atoms with Gasteiger partial charge >= 0.3 is 0 Å². The summed E-state index contributed by atoms with van der Waals surface area (Å²) in [7, 11) is 0. The minimum Gasteiger partial charge on any atom is -0.396 e. The van der Waals surface area contributed by atoms with Crippen LogP contribution in [0.3, 0.4) is 0 Å². The van der Waals surface area contributed by atoms with E-state index >= 15 is 0 Å². The molecule has 0 spiro atoms. The molecular formula is C8H18O2. The average Bonchev–Trinajstić information content (AvgIpc) is 1.92. The van der Waals surface area contributed by atoms with Crippen molar-refractivity contribution in [1.82, 2.24) is 0 Å². The van der Waals surface area contributed by atoms with Crippen LogP contribution in [-0.2, 0) is 4.79 Å². The van der Waals surface area contributed by atoms with E-state index in [1.165, 1.54) is 0 Å². The number of unbranched alkanes of at least 4 members (excludes halogenated alkanes) is 1. The molecule has 2 nitrogen and oxygen atoms in total. The minimum atomic E-state index is 0.202. The van der Waals surface area contributed by atoms with Gasteiger partial charge in [0.05, 0.1) is 0 Å². The van der Waals surface area contributed by atoms with Gasteiger partial charge in [0.1, 0.15) is 5.78 Å². The third-order valence-corrected chi connectivity index (χ3v) is 0.937. The molecule has 0 aromatic rings. The largest absolute Gasteiger partial charge is 0.396 e. The predicted octanol–water partition coefficient (Wildman–Crippen LogP) is 1.76. The number of aliphatic hydroxyl groups excluding tert-OH is 1. The van der Waals surface area contributed by atoms with Gasteiger partial charge in [0.15, 0.2) is 0 Å². The summed E-state index contributed by atoms with van der Waals surface area (Å²) in [6.07, 6.45) is 2.19. The number of ketones is 1. The molecule has 0 aromatic carbocycles. The zero-order valence-electron chi connectivity index (χ0n) is 7.18. The molecule has 0 aliphatic carbocycles. The summed E-state index contributed by atoms with van der Waals surface area (Å²) in [6.45, 7) is 5.77. The first-order chi connectivity index (χ1) is 4.77. The fraction of sp³-hybridized carbons (Fsp3) is 0.875. The second-order valence-electron chi connectivity index (χ2n) is 1.88. The van der Waals surface area contributed by atoms with Crippen molar-refractivity contribution in [2.24, 2.45) is 0 Å². The lowest BCUT2D eigenvalue weighted by Crippen LogP contribution is -1.90. The van der Waals surface area contributed by atoms with Crippen LogP contribution < -0.4 is 0 Å². The van der Waals surface area contributed by atoms with Crippen LogP contribution in [0.15, 0.2) is 0 Å². The molecule has 0 saturated heterocycles. The molecule has 0 amide bonds. The van der Waals surface area contributed by atoms with Crippen LogP contribution in [0, 0.1) is 0 Å². The molecule has 0 fully saturated rings. The van der Waals surface area contributed by atoms with E-state index in [4.69, 9.17) is 5.11 Å². The van der Waals surface area contributed by atoms with Gasteiger partial charge in [0, 0.05) is 13.0 Å². The van der Waals surface area contributed by atoms with Gasteiger partial charge in [0.25, 0.3) is 0 Å². The first kappa shape index (κ1) is 12.3. The van der Waals surface area contributed by atoms with E-state index in [2.05, 4.69) is 0 Å². The first-order valence-electron chi connectivity index (χ1n) is 3.87. The van der Waals surface area contributed by atoms with Crippen LogP contribution in [0.5, 0.6) is 0 Å². The van der Waals surface area contributed by atoms with Crippen molar-refractivity contribution in [3.8, 4) is 0 Å². The Bertz CT molecular complexity index is 69.7. The van der Waals surface area contributed by atoms with Gasteiger partial charge in [-0.2, -0.15) is 0 Å². The molecule has 0 aliphatic heterocycles. The lowest BCUT2D eigenvalue weighted by Gasteiger charge is -1.90. The molecule has 10 heavy (non-hydrogen) atoms. The van der Waals surface area contributed by atoms with Crippen LogP contribution in [-0.4, -0.2) is 17.5 Å². The quantitative estimate of drug-likeness (QED) is 0.614. The van der Waals surface area contributed by atoms with Crippen molar-refractivity contribution in [3.63, 3.8) is 0 Å². The fourth-order valence-electron chi connectivity index (χ4n) is 0.486. The van der Waals surface area contributed by atoms with Crippen molar-refractivity contribution in [2.75, 3.05) is 6.61 Å². The van der Waals surface area contributed by atoms with Gasteiger partial charge in [-0.15, -0.1) is 0 Å². The predicted molar refractivity (Wildman–Crippen MR) is 43.0 cm³/mol. The van der Waals surface area contributed by atoms with Crippen molar-refractivity contribution < 1.29 is 9.90 Å². The second kappa shape index (κ2) is 11.4. The van der Waals surface area contributed by atoms with Crippen molar-refractivity contribution in [1.29, 1.82) is 0 Å². The standard InChI is InChI=1S/C6H12O2.C2H6/c1-6(8)4-2-3-5-7;1-2/h7H,2-5H2,1H3;1-2H3. The third-order valence-electron chi connectivity index (χ3n) is 0.937. The average molecular weight is 146 g/mol. The Kier molecular flexibility index (Phi) is 14.1. The van der Waals surface area contributed by atoms with Crippen LogP contribution in [0.1, 0.15) is 40.0 Å². The molecule has 0 unspecified atom stereocenters. The van der Waals surface area contributed by atoms with Crippen LogP contribution in [0.4, 0.5) is 0 Å². The topological polar surface area (TPSA) is 37.3 Å². The third kappa shape index (κ3) is 15.6. The molecule has 0 rings (SSSR count). The van der Waals surface area contributed by atoms with E-state index in [-0.39, 0.29) is 12.4 Å². The Morgan fingerprint density at radius 1 is 1.30 bits per heavy atom. The van der Waals surface area contributed by atoms with E-state index in [0.717, 1.165) is 12.8 Å². The van der Waals surface area contributed by atoms with Crippen molar-refractivity contribution in [2.45, 2.75) is 40.0 Å². The van der Waals surface area contributed by atoms with Crippen LogP contribution >= 0.6 is 0 Å². The smallest absolute Gasteiger partial charge is 0.129 e. The molecule has 0 aliphatic rings.